The SMILES string of the molecule is CCc1ccccc1.CCc1ccccc1.O=P(O)(O)O. The summed E-state index contributed by atoms with van der Waals surface area (Å²) in [6, 6.07) is 20.9. The van der Waals surface area contributed by atoms with Crippen LogP contribution >= 0.6 is 7.82 Å². The number of phosphoric acid groups is 1. The summed E-state index contributed by atoms with van der Waals surface area (Å²) in [7, 11) is -4.64. The van der Waals surface area contributed by atoms with Crippen molar-refractivity contribution >= 4 is 7.82 Å². The molecule has 2 rings (SSSR count). The van der Waals surface area contributed by atoms with Gasteiger partial charge in [-0.2, -0.15) is 0 Å². The minimum atomic E-state index is -4.64. The van der Waals surface area contributed by atoms with Crippen LogP contribution in [0.1, 0.15) is 25.0 Å². The van der Waals surface area contributed by atoms with Gasteiger partial charge in [-0.05, 0) is 24.0 Å². The third kappa shape index (κ3) is 14.8. The molecule has 0 bridgehead atoms. The van der Waals surface area contributed by atoms with E-state index in [0.29, 0.717) is 0 Å². The fraction of sp³-hybridized carbons (Fsp3) is 0.250. The molecule has 2 aromatic rings. The molecule has 0 fully saturated rings. The predicted octanol–water partition coefficient (Wildman–Crippen LogP) is 3.57. The van der Waals surface area contributed by atoms with Crippen LogP contribution in [0.2, 0.25) is 0 Å². The van der Waals surface area contributed by atoms with Gasteiger partial charge in [0.15, 0.2) is 0 Å². The molecule has 116 valence electrons. The van der Waals surface area contributed by atoms with E-state index in [4.69, 9.17) is 19.2 Å². The Bertz CT molecular complexity index is 461. The molecular formula is C16H23O4P. The minimum absolute atomic E-state index is 1.14. The highest BCUT2D eigenvalue weighted by molar-refractivity contribution is 7.45. The van der Waals surface area contributed by atoms with Gasteiger partial charge in [-0.3, -0.25) is 0 Å². The van der Waals surface area contributed by atoms with Crippen LogP contribution < -0.4 is 0 Å². The van der Waals surface area contributed by atoms with E-state index in [-0.39, 0.29) is 0 Å². The summed E-state index contributed by atoms with van der Waals surface area (Å²) in [5.41, 5.74) is 2.82. The molecule has 0 aliphatic heterocycles. The first-order valence-electron chi connectivity index (χ1n) is 6.73. The molecule has 0 aliphatic carbocycles. The molecule has 0 heterocycles. The second-order valence-corrected chi connectivity index (χ2v) is 5.22. The lowest BCUT2D eigenvalue weighted by atomic mass is 10.2. The largest absolute Gasteiger partial charge is 0.466 e. The Hall–Kier alpha value is -1.45. The fourth-order valence-corrected chi connectivity index (χ4v) is 1.43. The molecular weight excluding hydrogens is 287 g/mol. The molecule has 0 unspecified atom stereocenters. The van der Waals surface area contributed by atoms with Gasteiger partial charge in [0, 0.05) is 0 Å². The second kappa shape index (κ2) is 11.2. The topological polar surface area (TPSA) is 77.8 Å². The standard InChI is InChI=1S/2C8H10.H3O4P/c2*1-2-8-6-4-3-5-7-8;1-5(2,3)4/h2*3-7H,2H2,1H3;(H3,1,2,3,4). The molecule has 0 saturated heterocycles. The highest BCUT2D eigenvalue weighted by Crippen LogP contribution is 2.25. The lowest BCUT2D eigenvalue weighted by Gasteiger charge is -1.89. The first-order chi connectivity index (χ1) is 9.86. The van der Waals surface area contributed by atoms with Gasteiger partial charge >= 0.3 is 7.82 Å². The maximum atomic E-state index is 8.88. The van der Waals surface area contributed by atoms with Crippen molar-refractivity contribution in [3.63, 3.8) is 0 Å². The van der Waals surface area contributed by atoms with Gasteiger partial charge in [0.2, 0.25) is 0 Å². The predicted molar refractivity (Wildman–Crippen MR) is 85.9 cm³/mol. The first kappa shape index (κ1) is 19.6. The Balaban J connectivity index is 0.000000296. The van der Waals surface area contributed by atoms with E-state index in [0.717, 1.165) is 12.8 Å². The average Bonchev–Trinajstić information content (AvgIpc) is 2.48. The summed E-state index contributed by atoms with van der Waals surface area (Å²) < 4.78 is 8.88. The van der Waals surface area contributed by atoms with Crippen LogP contribution in [0.15, 0.2) is 60.7 Å². The number of hydrogen-bond acceptors (Lipinski definition) is 1. The minimum Gasteiger partial charge on any atom is -0.303 e. The smallest absolute Gasteiger partial charge is 0.303 e. The molecule has 3 N–H and O–H groups in total. The van der Waals surface area contributed by atoms with Gasteiger partial charge in [0.1, 0.15) is 0 Å². The van der Waals surface area contributed by atoms with E-state index in [1.807, 2.05) is 12.1 Å². The summed E-state index contributed by atoms with van der Waals surface area (Å²) in [5.74, 6) is 0. The Morgan fingerprint density at radius 3 is 1.10 bits per heavy atom. The summed E-state index contributed by atoms with van der Waals surface area (Å²) in [4.78, 5) is 21.6. The fourth-order valence-electron chi connectivity index (χ4n) is 1.43. The number of benzene rings is 2. The molecule has 5 heteroatoms. The van der Waals surface area contributed by atoms with Crippen molar-refractivity contribution in [2.24, 2.45) is 0 Å². The van der Waals surface area contributed by atoms with Crippen molar-refractivity contribution in [1.29, 1.82) is 0 Å². The van der Waals surface area contributed by atoms with Crippen LogP contribution in [-0.4, -0.2) is 14.7 Å². The van der Waals surface area contributed by atoms with Crippen molar-refractivity contribution in [3.05, 3.63) is 71.8 Å². The molecule has 0 atom stereocenters. The first-order valence-corrected chi connectivity index (χ1v) is 8.29. The second-order valence-electron chi connectivity index (χ2n) is 4.19. The zero-order valence-electron chi connectivity index (χ0n) is 12.4. The molecule has 0 radical (unpaired) electrons. The van der Waals surface area contributed by atoms with Gasteiger partial charge in [0.25, 0.3) is 0 Å². The number of aryl methyl sites for hydroxylation is 2. The van der Waals surface area contributed by atoms with Gasteiger partial charge < -0.3 is 14.7 Å². The zero-order valence-corrected chi connectivity index (χ0v) is 13.3. The van der Waals surface area contributed by atoms with Crippen molar-refractivity contribution in [3.8, 4) is 0 Å². The average molecular weight is 310 g/mol. The molecule has 0 spiro atoms. The highest BCUT2D eigenvalue weighted by Gasteiger charge is 2.00. The van der Waals surface area contributed by atoms with Crippen LogP contribution in [0.25, 0.3) is 0 Å². The summed E-state index contributed by atoms with van der Waals surface area (Å²) in [6.07, 6.45) is 2.28. The summed E-state index contributed by atoms with van der Waals surface area (Å²) >= 11 is 0. The lowest BCUT2D eigenvalue weighted by molar-refractivity contribution is 0.275. The molecule has 2 aromatic carbocycles. The molecule has 0 aliphatic rings. The van der Waals surface area contributed by atoms with Gasteiger partial charge in [-0.25, -0.2) is 4.57 Å². The van der Waals surface area contributed by atoms with Crippen LogP contribution in [-0.2, 0) is 17.4 Å². The van der Waals surface area contributed by atoms with Crippen LogP contribution in [0.5, 0.6) is 0 Å². The van der Waals surface area contributed by atoms with Crippen LogP contribution in [0.4, 0.5) is 0 Å². The normalized spacial score (nSPS) is 9.76. The monoisotopic (exact) mass is 310 g/mol. The van der Waals surface area contributed by atoms with Crippen molar-refractivity contribution in [2.45, 2.75) is 26.7 Å². The summed E-state index contributed by atoms with van der Waals surface area (Å²) in [5, 5.41) is 0. The maximum Gasteiger partial charge on any atom is 0.466 e. The highest BCUT2D eigenvalue weighted by atomic mass is 31.2. The van der Waals surface area contributed by atoms with Gasteiger partial charge in [-0.15, -0.1) is 0 Å². The van der Waals surface area contributed by atoms with Crippen molar-refractivity contribution in [1.82, 2.24) is 0 Å². The zero-order chi connectivity index (χ0) is 16.1. The van der Waals surface area contributed by atoms with Gasteiger partial charge in [0.05, 0.1) is 0 Å². The Labute approximate surface area is 126 Å². The maximum absolute atomic E-state index is 8.88. The van der Waals surface area contributed by atoms with E-state index < -0.39 is 7.82 Å². The van der Waals surface area contributed by atoms with Crippen molar-refractivity contribution in [2.75, 3.05) is 0 Å². The quantitative estimate of drug-likeness (QED) is 0.741. The molecule has 0 aromatic heterocycles. The van der Waals surface area contributed by atoms with E-state index in [1.54, 1.807) is 0 Å². The Morgan fingerprint density at radius 1 is 0.714 bits per heavy atom. The molecule has 0 saturated carbocycles. The van der Waals surface area contributed by atoms with Crippen LogP contribution in [0.3, 0.4) is 0 Å². The van der Waals surface area contributed by atoms with E-state index in [2.05, 4.69) is 62.4 Å². The Morgan fingerprint density at radius 2 is 0.952 bits per heavy atom. The third-order valence-electron chi connectivity index (χ3n) is 2.50. The molecule has 21 heavy (non-hydrogen) atoms. The van der Waals surface area contributed by atoms with E-state index in [1.165, 1.54) is 11.1 Å². The third-order valence-corrected chi connectivity index (χ3v) is 2.50. The Kier molecular flexibility index (Phi) is 10.5. The molecule has 0 amide bonds. The molecule has 4 nitrogen and oxygen atoms in total. The lowest BCUT2D eigenvalue weighted by Crippen LogP contribution is -1.73. The van der Waals surface area contributed by atoms with Crippen LogP contribution in [0, 0.1) is 0 Å². The van der Waals surface area contributed by atoms with Gasteiger partial charge in [-0.1, -0.05) is 74.5 Å². The van der Waals surface area contributed by atoms with E-state index >= 15 is 0 Å². The van der Waals surface area contributed by atoms with E-state index in [9.17, 15) is 0 Å². The summed E-state index contributed by atoms with van der Waals surface area (Å²) in [6.45, 7) is 4.32. The number of hydrogen-bond donors (Lipinski definition) is 3. The van der Waals surface area contributed by atoms with Crippen molar-refractivity contribution < 1.29 is 19.2 Å². The number of rotatable bonds is 2.